The lowest BCUT2D eigenvalue weighted by molar-refractivity contribution is 0.295. The summed E-state index contributed by atoms with van der Waals surface area (Å²) in [6.07, 6.45) is 0.668. The summed E-state index contributed by atoms with van der Waals surface area (Å²) in [6, 6.07) is 10.8. The maximum absolute atomic E-state index is 13.5. The van der Waals surface area contributed by atoms with Crippen molar-refractivity contribution in [3.63, 3.8) is 0 Å². The fourth-order valence-electron chi connectivity index (χ4n) is 1.97. The SMILES string of the molecule is CC(N)Cc1ccccc1OCc1cc(F)ccc1F. The van der Waals surface area contributed by atoms with Crippen molar-refractivity contribution in [2.75, 3.05) is 0 Å². The van der Waals surface area contributed by atoms with E-state index in [2.05, 4.69) is 0 Å². The summed E-state index contributed by atoms with van der Waals surface area (Å²) in [4.78, 5) is 0. The summed E-state index contributed by atoms with van der Waals surface area (Å²) in [5.74, 6) is -0.307. The molecule has 0 bridgehead atoms. The number of rotatable bonds is 5. The van der Waals surface area contributed by atoms with Crippen molar-refractivity contribution in [1.82, 2.24) is 0 Å². The van der Waals surface area contributed by atoms with Gasteiger partial charge in [-0.05, 0) is 43.2 Å². The lowest BCUT2D eigenvalue weighted by Gasteiger charge is -2.13. The third-order valence-corrected chi connectivity index (χ3v) is 2.91. The molecule has 0 saturated heterocycles. The van der Waals surface area contributed by atoms with Gasteiger partial charge in [0.25, 0.3) is 0 Å². The monoisotopic (exact) mass is 277 g/mol. The molecule has 0 amide bonds. The fraction of sp³-hybridized carbons (Fsp3) is 0.250. The second-order valence-electron chi connectivity index (χ2n) is 4.81. The van der Waals surface area contributed by atoms with E-state index >= 15 is 0 Å². The molecular weight excluding hydrogens is 260 g/mol. The maximum atomic E-state index is 13.5. The van der Waals surface area contributed by atoms with E-state index in [0.717, 1.165) is 23.8 Å². The number of nitrogens with two attached hydrogens (primary N) is 1. The molecule has 106 valence electrons. The van der Waals surface area contributed by atoms with E-state index in [-0.39, 0.29) is 18.2 Å². The number of hydrogen-bond acceptors (Lipinski definition) is 2. The standard InChI is InChI=1S/C16H17F2NO/c1-11(19)8-12-4-2-3-5-16(12)20-10-13-9-14(17)6-7-15(13)18/h2-7,9,11H,8,10,19H2,1H3. The van der Waals surface area contributed by atoms with Crippen molar-refractivity contribution in [2.45, 2.75) is 26.0 Å². The molecule has 0 aliphatic rings. The van der Waals surface area contributed by atoms with Gasteiger partial charge in [-0.1, -0.05) is 18.2 Å². The first kappa shape index (κ1) is 14.5. The molecule has 4 heteroatoms. The number of ether oxygens (including phenoxy) is 1. The van der Waals surface area contributed by atoms with Crippen molar-refractivity contribution >= 4 is 0 Å². The molecule has 0 aliphatic carbocycles. The number of benzene rings is 2. The van der Waals surface area contributed by atoms with E-state index in [4.69, 9.17) is 10.5 Å². The molecule has 0 heterocycles. The molecule has 0 aromatic heterocycles. The Bertz CT molecular complexity index is 584. The van der Waals surface area contributed by atoms with Crippen molar-refractivity contribution in [2.24, 2.45) is 5.73 Å². The van der Waals surface area contributed by atoms with Gasteiger partial charge in [0.2, 0.25) is 0 Å². The number of hydrogen-bond donors (Lipinski definition) is 1. The van der Waals surface area contributed by atoms with Crippen LogP contribution in [0, 0.1) is 11.6 Å². The Hall–Kier alpha value is -1.94. The molecule has 1 atom stereocenters. The van der Waals surface area contributed by atoms with Gasteiger partial charge in [-0.25, -0.2) is 8.78 Å². The van der Waals surface area contributed by atoms with Gasteiger partial charge in [0.15, 0.2) is 0 Å². The van der Waals surface area contributed by atoms with Crippen molar-refractivity contribution < 1.29 is 13.5 Å². The van der Waals surface area contributed by atoms with E-state index < -0.39 is 11.6 Å². The summed E-state index contributed by atoms with van der Waals surface area (Å²) in [6.45, 7) is 1.89. The second kappa shape index (κ2) is 6.48. The Labute approximate surface area is 117 Å². The summed E-state index contributed by atoms with van der Waals surface area (Å²) in [5.41, 5.74) is 6.93. The first-order valence-electron chi connectivity index (χ1n) is 6.46. The summed E-state index contributed by atoms with van der Waals surface area (Å²) >= 11 is 0. The average molecular weight is 277 g/mol. The molecule has 0 spiro atoms. The van der Waals surface area contributed by atoms with Crippen molar-refractivity contribution in [1.29, 1.82) is 0 Å². The Balaban J connectivity index is 2.12. The van der Waals surface area contributed by atoms with E-state index in [1.807, 2.05) is 25.1 Å². The first-order valence-corrected chi connectivity index (χ1v) is 6.46. The topological polar surface area (TPSA) is 35.2 Å². The molecule has 1 unspecified atom stereocenters. The Morgan fingerprint density at radius 2 is 1.85 bits per heavy atom. The van der Waals surface area contributed by atoms with Crippen LogP contribution in [0.3, 0.4) is 0 Å². The highest BCUT2D eigenvalue weighted by Crippen LogP contribution is 2.21. The van der Waals surface area contributed by atoms with Gasteiger partial charge < -0.3 is 10.5 Å². The molecule has 0 radical (unpaired) electrons. The molecule has 20 heavy (non-hydrogen) atoms. The van der Waals surface area contributed by atoms with Crippen LogP contribution in [0.4, 0.5) is 8.78 Å². The highest BCUT2D eigenvalue weighted by molar-refractivity contribution is 5.34. The molecule has 2 rings (SSSR count). The van der Waals surface area contributed by atoms with Crippen LogP contribution < -0.4 is 10.5 Å². The highest BCUT2D eigenvalue weighted by atomic mass is 19.1. The number of halogens is 2. The zero-order valence-electron chi connectivity index (χ0n) is 11.3. The predicted molar refractivity (Wildman–Crippen MR) is 74.5 cm³/mol. The zero-order chi connectivity index (χ0) is 14.5. The predicted octanol–water partition coefficient (Wildman–Crippen LogP) is 3.43. The minimum atomic E-state index is -0.478. The van der Waals surface area contributed by atoms with Gasteiger partial charge in [-0.2, -0.15) is 0 Å². The minimum Gasteiger partial charge on any atom is -0.489 e. The van der Waals surface area contributed by atoms with Crippen LogP contribution in [0.25, 0.3) is 0 Å². The van der Waals surface area contributed by atoms with Crippen molar-refractivity contribution in [3.05, 3.63) is 65.2 Å². The fourth-order valence-corrected chi connectivity index (χ4v) is 1.97. The van der Waals surface area contributed by atoms with Crippen LogP contribution in [-0.4, -0.2) is 6.04 Å². The van der Waals surface area contributed by atoms with Gasteiger partial charge in [0.05, 0.1) is 0 Å². The van der Waals surface area contributed by atoms with Crippen LogP contribution in [0.15, 0.2) is 42.5 Å². The molecule has 2 nitrogen and oxygen atoms in total. The van der Waals surface area contributed by atoms with Crippen LogP contribution in [-0.2, 0) is 13.0 Å². The third-order valence-electron chi connectivity index (χ3n) is 2.91. The van der Waals surface area contributed by atoms with Crippen LogP contribution in [0.5, 0.6) is 5.75 Å². The summed E-state index contributed by atoms with van der Waals surface area (Å²) < 4.78 is 32.2. The average Bonchev–Trinajstić information content (AvgIpc) is 2.41. The second-order valence-corrected chi connectivity index (χ2v) is 4.81. The smallest absolute Gasteiger partial charge is 0.130 e. The van der Waals surface area contributed by atoms with Gasteiger partial charge in [0.1, 0.15) is 24.0 Å². The molecule has 2 aromatic rings. The van der Waals surface area contributed by atoms with Crippen molar-refractivity contribution in [3.8, 4) is 5.75 Å². The van der Waals surface area contributed by atoms with E-state index in [1.165, 1.54) is 0 Å². The highest BCUT2D eigenvalue weighted by Gasteiger charge is 2.08. The van der Waals surface area contributed by atoms with Crippen LogP contribution in [0.1, 0.15) is 18.1 Å². The van der Waals surface area contributed by atoms with E-state index in [1.54, 1.807) is 6.07 Å². The Morgan fingerprint density at radius 1 is 1.10 bits per heavy atom. The largest absolute Gasteiger partial charge is 0.489 e. The van der Waals surface area contributed by atoms with Gasteiger partial charge in [-0.3, -0.25) is 0 Å². The summed E-state index contributed by atoms with van der Waals surface area (Å²) in [5, 5.41) is 0. The van der Waals surface area contributed by atoms with Crippen LogP contribution >= 0.6 is 0 Å². The minimum absolute atomic E-state index is 0.00524. The molecule has 2 aromatic carbocycles. The molecule has 0 aliphatic heterocycles. The quantitative estimate of drug-likeness (QED) is 0.908. The Morgan fingerprint density at radius 3 is 2.60 bits per heavy atom. The normalized spacial score (nSPS) is 12.2. The van der Waals surface area contributed by atoms with Gasteiger partial charge >= 0.3 is 0 Å². The van der Waals surface area contributed by atoms with Gasteiger partial charge in [-0.15, -0.1) is 0 Å². The van der Waals surface area contributed by atoms with E-state index in [0.29, 0.717) is 12.2 Å². The lowest BCUT2D eigenvalue weighted by atomic mass is 10.1. The maximum Gasteiger partial charge on any atom is 0.130 e. The molecule has 0 saturated carbocycles. The van der Waals surface area contributed by atoms with Gasteiger partial charge in [0, 0.05) is 11.6 Å². The Kier molecular flexibility index (Phi) is 4.69. The van der Waals surface area contributed by atoms with E-state index in [9.17, 15) is 8.78 Å². The lowest BCUT2D eigenvalue weighted by Crippen LogP contribution is -2.18. The zero-order valence-corrected chi connectivity index (χ0v) is 11.3. The van der Waals surface area contributed by atoms with Crippen LogP contribution in [0.2, 0.25) is 0 Å². The first-order chi connectivity index (χ1) is 9.56. The third kappa shape index (κ3) is 3.78. The molecule has 0 fully saturated rings. The molecular formula is C16H17F2NO. The number of para-hydroxylation sites is 1. The summed E-state index contributed by atoms with van der Waals surface area (Å²) in [7, 11) is 0. The molecule has 2 N–H and O–H groups in total.